The monoisotopic (exact) mass is 509 g/mol. The summed E-state index contributed by atoms with van der Waals surface area (Å²) in [5, 5.41) is 8.89. The zero-order valence-corrected chi connectivity index (χ0v) is 22.6. The van der Waals surface area contributed by atoms with Gasteiger partial charge in [0.2, 0.25) is 5.91 Å². The number of carbonyl (C=O) groups is 2. The lowest BCUT2D eigenvalue weighted by Crippen LogP contribution is -2.34. The van der Waals surface area contributed by atoms with E-state index in [4.69, 9.17) is 9.47 Å². The second kappa shape index (κ2) is 18.6. The van der Waals surface area contributed by atoms with Crippen molar-refractivity contribution in [3.05, 3.63) is 35.4 Å². The molecule has 0 aromatic heterocycles. The third kappa shape index (κ3) is 14.5. The summed E-state index contributed by atoms with van der Waals surface area (Å²) in [6, 6.07) is 7.86. The van der Waals surface area contributed by atoms with E-state index < -0.39 is 0 Å². The molecule has 3 N–H and O–H groups in total. The van der Waals surface area contributed by atoms with E-state index in [1.807, 2.05) is 38.1 Å². The maximum absolute atomic E-state index is 12.3. The minimum atomic E-state index is -0.195. The Kier molecular flexibility index (Phi) is 16.6. The van der Waals surface area contributed by atoms with Crippen LogP contribution in [0.15, 0.2) is 24.3 Å². The molecule has 1 unspecified atom stereocenters. The standard InChI is InChI=1S/C25H39N3O4S2/c1-6-33-34-25(32-17-16-31-18-23(29)27-13-7-8-19(2)3)22-11-9-21(10-12-22)24(30)28-15-14-26-20(4)5/h9-12,19-20,25-26H,6,13-18H2,1-5H3,(H,27,29)(H,28,30). The lowest BCUT2D eigenvalue weighted by Gasteiger charge is -2.17. The van der Waals surface area contributed by atoms with Gasteiger partial charge in [0.25, 0.3) is 5.91 Å². The minimum absolute atomic E-state index is 0.0231. The molecule has 2 amide bonds. The maximum Gasteiger partial charge on any atom is 0.251 e. The van der Waals surface area contributed by atoms with Crippen molar-refractivity contribution in [1.29, 1.82) is 0 Å². The highest BCUT2D eigenvalue weighted by Gasteiger charge is 2.14. The van der Waals surface area contributed by atoms with Crippen LogP contribution in [0.4, 0.5) is 0 Å². The molecule has 0 spiro atoms. The van der Waals surface area contributed by atoms with Crippen molar-refractivity contribution in [2.75, 3.05) is 45.2 Å². The summed E-state index contributed by atoms with van der Waals surface area (Å²) in [6.45, 7) is 12.5. The van der Waals surface area contributed by atoms with E-state index in [9.17, 15) is 9.59 Å². The molecule has 9 heteroatoms. The number of nitrogens with one attached hydrogen (secondary N) is 3. The molecule has 0 aliphatic carbocycles. The van der Waals surface area contributed by atoms with Gasteiger partial charge in [-0.2, -0.15) is 0 Å². The Morgan fingerprint density at radius 1 is 1.03 bits per heavy atom. The lowest BCUT2D eigenvalue weighted by atomic mass is 10.1. The highest BCUT2D eigenvalue weighted by molar-refractivity contribution is 8.76. The molecule has 0 aliphatic heterocycles. The third-order valence-corrected chi connectivity index (χ3v) is 6.77. The van der Waals surface area contributed by atoms with Gasteiger partial charge in [0.05, 0.1) is 19.8 Å². The van der Waals surface area contributed by atoms with Crippen LogP contribution in [-0.2, 0) is 14.3 Å². The molecule has 1 aromatic carbocycles. The number of carbonyl (C=O) groups excluding carboxylic acids is 2. The quantitative estimate of drug-likeness (QED) is 0.136. The summed E-state index contributed by atoms with van der Waals surface area (Å²) >= 11 is 0. The topological polar surface area (TPSA) is 88.7 Å². The Bertz CT molecular complexity index is 777. The average Bonchev–Trinajstić information content (AvgIpc) is 2.81. The Hall–Kier alpha value is -1.70. The summed E-state index contributed by atoms with van der Waals surface area (Å²) in [6.07, 6.45) is 0. The fourth-order valence-corrected chi connectivity index (χ4v) is 4.53. The van der Waals surface area contributed by atoms with Crippen LogP contribution in [0.3, 0.4) is 0 Å². The van der Waals surface area contributed by atoms with E-state index in [0.717, 1.165) is 17.9 Å². The van der Waals surface area contributed by atoms with Gasteiger partial charge in [-0.05, 0) is 17.7 Å². The number of hydrogen-bond donors (Lipinski definition) is 3. The van der Waals surface area contributed by atoms with Crippen molar-refractivity contribution in [2.24, 2.45) is 5.92 Å². The van der Waals surface area contributed by atoms with Gasteiger partial charge in [0.15, 0.2) is 0 Å². The van der Waals surface area contributed by atoms with Gasteiger partial charge < -0.3 is 25.4 Å². The van der Waals surface area contributed by atoms with Gasteiger partial charge in [0.1, 0.15) is 12.0 Å². The van der Waals surface area contributed by atoms with Crippen LogP contribution in [0.5, 0.6) is 0 Å². The van der Waals surface area contributed by atoms with Crippen molar-refractivity contribution in [3.63, 3.8) is 0 Å². The first kappa shape index (κ1) is 30.3. The van der Waals surface area contributed by atoms with Crippen molar-refractivity contribution >= 4 is 33.4 Å². The van der Waals surface area contributed by atoms with Crippen LogP contribution >= 0.6 is 21.6 Å². The third-order valence-electron chi connectivity index (χ3n) is 4.18. The first-order chi connectivity index (χ1) is 16.3. The molecule has 34 heavy (non-hydrogen) atoms. The van der Waals surface area contributed by atoms with Gasteiger partial charge in [-0.25, -0.2) is 0 Å². The van der Waals surface area contributed by atoms with Crippen molar-refractivity contribution < 1.29 is 19.1 Å². The van der Waals surface area contributed by atoms with Crippen molar-refractivity contribution in [2.45, 2.75) is 46.1 Å². The van der Waals surface area contributed by atoms with E-state index in [-0.39, 0.29) is 29.8 Å². The largest absolute Gasteiger partial charge is 0.369 e. The van der Waals surface area contributed by atoms with Crippen LogP contribution in [0.2, 0.25) is 0 Å². The normalized spacial score (nSPS) is 11.7. The number of hydrogen-bond acceptors (Lipinski definition) is 7. The number of rotatable bonds is 16. The molecule has 7 nitrogen and oxygen atoms in total. The van der Waals surface area contributed by atoms with Crippen molar-refractivity contribution in [3.8, 4) is 11.8 Å². The predicted octanol–water partition coefficient (Wildman–Crippen LogP) is 3.62. The summed E-state index contributed by atoms with van der Waals surface area (Å²) < 4.78 is 11.4. The van der Waals surface area contributed by atoms with Gasteiger partial charge in [-0.1, -0.05) is 80.2 Å². The van der Waals surface area contributed by atoms with Gasteiger partial charge in [0, 0.05) is 36.4 Å². The van der Waals surface area contributed by atoms with Crippen LogP contribution in [0.1, 0.15) is 56.0 Å². The molecule has 1 aromatic rings. The van der Waals surface area contributed by atoms with Crippen molar-refractivity contribution in [1.82, 2.24) is 16.0 Å². The molecule has 0 heterocycles. The summed E-state index contributed by atoms with van der Waals surface area (Å²) in [4.78, 5) is 24.1. The molecule has 0 aliphatic rings. The predicted molar refractivity (Wildman–Crippen MR) is 143 cm³/mol. The second-order valence-electron chi connectivity index (χ2n) is 8.00. The number of ether oxygens (including phenoxy) is 2. The van der Waals surface area contributed by atoms with Crippen LogP contribution < -0.4 is 16.0 Å². The Balaban J connectivity index is 2.43. The van der Waals surface area contributed by atoms with E-state index in [1.165, 1.54) is 0 Å². The smallest absolute Gasteiger partial charge is 0.251 e. The maximum atomic E-state index is 12.3. The van der Waals surface area contributed by atoms with E-state index in [0.29, 0.717) is 37.9 Å². The zero-order valence-electron chi connectivity index (χ0n) is 20.9. The Morgan fingerprint density at radius 2 is 1.76 bits per heavy atom. The van der Waals surface area contributed by atoms with Gasteiger partial charge in [-0.15, -0.1) is 0 Å². The summed E-state index contributed by atoms with van der Waals surface area (Å²) in [7, 11) is 3.33. The van der Waals surface area contributed by atoms with E-state index in [2.05, 4.69) is 48.6 Å². The van der Waals surface area contributed by atoms with Gasteiger partial charge in [-0.3, -0.25) is 9.59 Å². The molecular formula is C25H39N3O4S2. The second-order valence-corrected chi connectivity index (χ2v) is 10.7. The first-order valence-electron chi connectivity index (χ1n) is 11.7. The van der Waals surface area contributed by atoms with E-state index in [1.54, 1.807) is 21.6 Å². The summed E-state index contributed by atoms with van der Waals surface area (Å²) in [5.74, 6) is 6.84. The minimum Gasteiger partial charge on any atom is -0.369 e. The van der Waals surface area contributed by atoms with Crippen LogP contribution in [0, 0.1) is 17.8 Å². The Labute approximate surface area is 212 Å². The molecule has 0 saturated carbocycles. The Morgan fingerprint density at radius 3 is 2.41 bits per heavy atom. The van der Waals surface area contributed by atoms with E-state index >= 15 is 0 Å². The molecule has 190 valence electrons. The molecule has 1 atom stereocenters. The summed E-state index contributed by atoms with van der Waals surface area (Å²) in [5.41, 5.74) is 1.40. The number of amides is 2. The molecular weight excluding hydrogens is 470 g/mol. The molecule has 0 bridgehead atoms. The lowest BCUT2D eigenvalue weighted by molar-refractivity contribution is -0.126. The number of benzene rings is 1. The molecule has 1 rings (SSSR count). The highest BCUT2D eigenvalue weighted by atomic mass is 33.1. The molecule has 0 radical (unpaired) electrons. The highest BCUT2D eigenvalue weighted by Crippen LogP contribution is 2.38. The molecule has 0 fully saturated rings. The van der Waals surface area contributed by atoms with Gasteiger partial charge >= 0.3 is 0 Å². The first-order valence-corrected chi connectivity index (χ1v) is 14.1. The van der Waals surface area contributed by atoms with Crippen LogP contribution in [-0.4, -0.2) is 63.1 Å². The van der Waals surface area contributed by atoms with Crippen LogP contribution in [0.25, 0.3) is 0 Å². The fraction of sp³-hybridized carbons (Fsp3) is 0.600. The molecule has 0 saturated heterocycles. The zero-order chi connectivity index (χ0) is 25.2. The SMILES string of the molecule is CCSSC(OCCOCC(=O)NCC#CC(C)C)c1ccc(C(=O)NCCNC(C)C)cc1. The fourth-order valence-electron chi connectivity index (χ4n) is 2.57. The average molecular weight is 510 g/mol.